The van der Waals surface area contributed by atoms with E-state index in [4.69, 9.17) is 0 Å². The third-order valence-corrected chi connectivity index (χ3v) is 25.7. The van der Waals surface area contributed by atoms with Gasteiger partial charge >= 0.3 is 0 Å². The Labute approximate surface area is 720 Å². The van der Waals surface area contributed by atoms with Gasteiger partial charge in [0.05, 0.1) is 10.8 Å². The van der Waals surface area contributed by atoms with Gasteiger partial charge in [-0.15, -0.1) is 0 Å². The highest BCUT2D eigenvalue weighted by Crippen LogP contribution is 2.64. The molecule has 0 saturated carbocycles. The fraction of sp³-hybridized carbons (Fsp3) is 0.0588. The summed E-state index contributed by atoms with van der Waals surface area (Å²) in [5.41, 5.74) is 36.4. The smallest absolute Gasteiger partial charge is 0.0726 e. The number of anilines is 7. The van der Waals surface area contributed by atoms with Crippen molar-refractivity contribution >= 4 is 77.7 Å². The Morgan fingerprint density at radius 1 is 0.220 bits per heavy atom. The van der Waals surface area contributed by atoms with E-state index in [9.17, 15) is 0 Å². The molecular weight excluding hydrogens is 1490 g/mol. The molecule has 0 heterocycles. The Morgan fingerprint density at radius 3 is 0.927 bits per heavy atom. The number of fused-ring (bicyclic) bond motifs is 19. The first-order chi connectivity index (χ1) is 60.7. The van der Waals surface area contributed by atoms with E-state index in [-0.39, 0.29) is 16.2 Å². The molecule has 4 nitrogen and oxygen atoms in total. The Morgan fingerprint density at radius 2 is 0.512 bits per heavy atom. The van der Waals surface area contributed by atoms with Crippen LogP contribution in [0, 0.1) is 0 Å². The molecule has 123 heavy (non-hydrogen) atoms. The maximum absolute atomic E-state index is 3.71. The predicted molar refractivity (Wildman–Crippen MR) is 520 cm³/mol. The molecule has 4 heteroatoms. The van der Waals surface area contributed by atoms with Crippen molar-refractivity contribution in [2.45, 2.75) is 42.6 Å². The summed E-state index contributed by atoms with van der Waals surface area (Å²) in [6, 6.07) is 162. The van der Waals surface area contributed by atoms with E-state index in [2.05, 4.69) is 496 Å². The molecule has 0 radical (unpaired) electrons. The SMILES string of the molecule is C1=CC(Nc2ccc(-c3ccccc3)cc2)CC=C1c1ccccc1.CC1(C)c2ccccc2-c2ccc(Nc3ccc4ccccc4c3)cc21.c1ccc(C2(c3ccccc3)c3ccccc3-c3ccc(Nc4ccc5ccccc5c4)cc32)cc1.c1ccc2c(c1)-c1ccccc1C21c2ccccc2-c2ccc(Nc3ccc4ccccc4c3)cc21. The van der Waals surface area contributed by atoms with Crippen LogP contribution in [0.25, 0.3) is 93.5 Å². The predicted octanol–water partition coefficient (Wildman–Crippen LogP) is 30.9. The Hall–Kier alpha value is -15.4. The van der Waals surface area contributed by atoms with Crippen LogP contribution in [0.5, 0.6) is 0 Å². The fourth-order valence-electron chi connectivity index (χ4n) is 20.0. The molecule has 19 aromatic carbocycles. The molecule has 0 fully saturated rings. The molecule has 5 aliphatic carbocycles. The molecule has 1 unspecified atom stereocenters. The third-order valence-electron chi connectivity index (χ3n) is 25.7. The normalized spacial score (nSPS) is 14.2. The third kappa shape index (κ3) is 13.8. The van der Waals surface area contributed by atoms with Gasteiger partial charge in [-0.3, -0.25) is 0 Å². The van der Waals surface area contributed by atoms with Crippen molar-refractivity contribution in [1.82, 2.24) is 0 Å². The zero-order valence-corrected chi connectivity index (χ0v) is 68.7. The summed E-state index contributed by atoms with van der Waals surface area (Å²) in [6.45, 7) is 4.63. The number of hydrogen-bond acceptors (Lipinski definition) is 4. The van der Waals surface area contributed by atoms with Crippen LogP contribution in [0.15, 0.2) is 467 Å². The lowest BCUT2D eigenvalue weighted by Gasteiger charge is -2.34. The van der Waals surface area contributed by atoms with Crippen LogP contribution in [0.1, 0.15) is 81.5 Å². The minimum atomic E-state index is -0.379. The van der Waals surface area contributed by atoms with Crippen molar-refractivity contribution in [3.05, 3.63) is 528 Å². The fourth-order valence-corrected chi connectivity index (χ4v) is 20.0. The second kappa shape index (κ2) is 32.1. The summed E-state index contributed by atoms with van der Waals surface area (Å²) in [7, 11) is 0. The van der Waals surface area contributed by atoms with Gasteiger partial charge in [-0.25, -0.2) is 0 Å². The number of hydrogen-bond donors (Lipinski definition) is 4. The van der Waals surface area contributed by atoms with Gasteiger partial charge < -0.3 is 21.3 Å². The van der Waals surface area contributed by atoms with Gasteiger partial charge in [-0.2, -0.15) is 0 Å². The van der Waals surface area contributed by atoms with E-state index in [0.29, 0.717) is 6.04 Å². The zero-order valence-electron chi connectivity index (χ0n) is 68.7. The van der Waals surface area contributed by atoms with E-state index in [0.717, 1.165) is 46.2 Å². The molecule has 1 atom stereocenters. The van der Waals surface area contributed by atoms with Crippen molar-refractivity contribution < 1.29 is 0 Å². The van der Waals surface area contributed by atoms with Gasteiger partial charge in [0.1, 0.15) is 0 Å². The topological polar surface area (TPSA) is 48.1 Å². The highest BCUT2D eigenvalue weighted by atomic mass is 14.9. The van der Waals surface area contributed by atoms with Crippen LogP contribution in [0.3, 0.4) is 0 Å². The summed E-state index contributed by atoms with van der Waals surface area (Å²) >= 11 is 0. The van der Waals surface area contributed by atoms with Crippen molar-refractivity contribution in [2.75, 3.05) is 21.3 Å². The van der Waals surface area contributed by atoms with E-state index in [1.54, 1.807) is 0 Å². The Balaban J connectivity index is 0.000000102. The Kier molecular flexibility index (Phi) is 19.6. The van der Waals surface area contributed by atoms with E-state index in [1.807, 2.05) is 6.07 Å². The molecular formula is C119H90N4. The lowest BCUT2D eigenvalue weighted by molar-refractivity contribution is 0.660. The molecule has 5 aliphatic rings. The number of rotatable bonds is 12. The maximum atomic E-state index is 3.71. The van der Waals surface area contributed by atoms with Crippen LogP contribution in [-0.4, -0.2) is 6.04 Å². The summed E-state index contributed by atoms with van der Waals surface area (Å²) in [5.74, 6) is 0. The van der Waals surface area contributed by atoms with Crippen molar-refractivity contribution in [1.29, 1.82) is 0 Å². The van der Waals surface area contributed by atoms with Crippen LogP contribution >= 0.6 is 0 Å². The lowest BCUT2D eigenvalue weighted by atomic mass is 9.67. The summed E-state index contributed by atoms with van der Waals surface area (Å²) in [6.07, 6.45) is 7.79. The molecule has 0 saturated heterocycles. The zero-order chi connectivity index (χ0) is 82.3. The molecule has 19 aromatic rings. The van der Waals surface area contributed by atoms with Crippen LogP contribution in [0.2, 0.25) is 0 Å². The van der Waals surface area contributed by atoms with Crippen LogP contribution < -0.4 is 21.3 Å². The average Bonchev–Trinajstić information content (AvgIpc) is 1.51. The molecule has 0 amide bonds. The van der Waals surface area contributed by atoms with Gasteiger partial charge in [-0.05, 0) is 246 Å². The summed E-state index contributed by atoms with van der Waals surface area (Å²) in [5, 5.41) is 22.1. The molecule has 1 spiro atoms. The number of nitrogens with one attached hydrogen (secondary N) is 4. The monoisotopic (exact) mass is 1570 g/mol. The van der Waals surface area contributed by atoms with Crippen molar-refractivity contribution in [3.63, 3.8) is 0 Å². The minimum Gasteiger partial charge on any atom is -0.379 e. The first kappa shape index (κ1) is 75.1. The standard InChI is InChI=1S/C35H23N.C35H25N.C25H21N.C24H21N/c1-2-10-24-21-25(18-17-23(24)9-1)36-26-19-20-30-29-13-5-8-16-33(29)35(34(30)22-26)31-14-6-3-11-27(31)28-12-4-7-15-32(28)35;1-3-13-27(14-4-1)35(28-15-5-2-6-16-28)33-18-10-9-17-31(33)32-22-21-30(24-34(32)35)36-29-20-19-25-11-7-8-12-26(25)23-29;1-25(2)23-10-6-5-9-21(23)22-14-13-20(16-24(22)25)26-19-12-11-17-7-3-4-8-18(17)15-19;1-3-7-19(8-4-1)21-11-15-23(16-12-21)25-24-17-13-22(14-18-24)20-9-5-2-6-10-20/h1-22,36H;1-24,36H;3-16,26H,1-2H3;1-17,24-25H,18H2. The van der Waals surface area contributed by atoms with Crippen LogP contribution in [0.4, 0.5) is 39.8 Å². The van der Waals surface area contributed by atoms with Gasteiger partial charge in [0.2, 0.25) is 0 Å². The summed E-state index contributed by atoms with van der Waals surface area (Å²) < 4.78 is 0. The van der Waals surface area contributed by atoms with Gasteiger partial charge in [0.15, 0.2) is 0 Å². The minimum absolute atomic E-state index is 0.0347. The second-order valence-electron chi connectivity index (χ2n) is 33.2. The first-order valence-corrected chi connectivity index (χ1v) is 42.9. The lowest BCUT2D eigenvalue weighted by Crippen LogP contribution is -2.28. The average molecular weight is 1580 g/mol. The molecule has 586 valence electrons. The molecule has 0 aliphatic heterocycles. The van der Waals surface area contributed by atoms with Crippen LogP contribution in [-0.2, 0) is 16.2 Å². The molecule has 0 aromatic heterocycles. The van der Waals surface area contributed by atoms with E-state index in [1.165, 1.54) is 155 Å². The van der Waals surface area contributed by atoms with E-state index < -0.39 is 0 Å². The maximum Gasteiger partial charge on any atom is 0.0726 e. The molecule has 0 bridgehead atoms. The van der Waals surface area contributed by atoms with E-state index >= 15 is 0 Å². The number of allylic oxidation sites excluding steroid dienone is 2. The Bertz CT molecular complexity index is 6960. The van der Waals surface area contributed by atoms with Crippen molar-refractivity contribution in [2.24, 2.45) is 0 Å². The highest BCUT2D eigenvalue weighted by molar-refractivity contribution is 5.98. The number of benzene rings is 19. The molecule has 24 rings (SSSR count). The highest BCUT2D eigenvalue weighted by Gasteiger charge is 2.52. The molecule has 4 N–H and O–H groups in total. The quantitative estimate of drug-likeness (QED) is 0.0985. The van der Waals surface area contributed by atoms with Gasteiger partial charge in [-0.1, -0.05) is 396 Å². The van der Waals surface area contributed by atoms with Gasteiger partial charge in [0.25, 0.3) is 0 Å². The van der Waals surface area contributed by atoms with Gasteiger partial charge in [0, 0.05) is 51.3 Å². The van der Waals surface area contributed by atoms with Crippen molar-refractivity contribution in [3.8, 4) is 55.6 Å². The second-order valence-corrected chi connectivity index (χ2v) is 33.2. The largest absolute Gasteiger partial charge is 0.379 e. The first-order valence-electron chi connectivity index (χ1n) is 42.9. The summed E-state index contributed by atoms with van der Waals surface area (Å²) in [4.78, 5) is 0.